The highest BCUT2D eigenvalue weighted by molar-refractivity contribution is 9.10. The number of aliphatic hydroxyl groups is 1. The fraction of sp³-hybridized carbons (Fsp3) is 0.625. The third kappa shape index (κ3) is 3.08. The number of halogens is 1. The van der Waals surface area contributed by atoms with Gasteiger partial charge in [0.2, 0.25) is 5.79 Å². The highest BCUT2D eigenvalue weighted by Crippen LogP contribution is 2.34. The van der Waals surface area contributed by atoms with Crippen LogP contribution in [-0.4, -0.2) is 23.3 Å². The van der Waals surface area contributed by atoms with Crippen molar-refractivity contribution in [2.24, 2.45) is 0 Å². The maximum absolute atomic E-state index is 10.9. The lowest BCUT2D eigenvalue weighted by Crippen LogP contribution is -2.63. The molecular formula is C16H24BrNO2. The molecule has 4 heteroatoms. The highest BCUT2D eigenvalue weighted by Gasteiger charge is 2.44. The number of hydrogen-bond acceptors (Lipinski definition) is 3. The van der Waals surface area contributed by atoms with Gasteiger partial charge >= 0.3 is 0 Å². The topological polar surface area (TPSA) is 41.5 Å². The maximum atomic E-state index is 10.9. The van der Waals surface area contributed by atoms with Crippen molar-refractivity contribution in [2.75, 3.05) is 6.61 Å². The van der Waals surface area contributed by atoms with Crippen molar-refractivity contribution in [1.82, 2.24) is 5.32 Å². The molecule has 2 atom stereocenters. The van der Waals surface area contributed by atoms with Crippen molar-refractivity contribution in [3.63, 3.8) is 0 Å². The van der Waals surface area contributed by atoms with Crippen LogP contribution in [0.25, 0.3) is 0 Å². The van der Waals surface area contributed by atoms with Gasteiger partial charge in [-0.3, -0.25) is 0 Å². The zero-order chi connectivity index (χ0) is 15.0. The van der Waals surface area contributed by atoms with E-state index in [-0.39, 0.29) is 11.6 Å². The van der Waals surface area contributed by atoms with Gasteiger partial charge in [0.25, 0.3) is 0 Å². The molecule has 3 nitrogen and oxygen atoms in total. The molecule has 112 valence electrons. The van der Waals surface area contributed by atoms with E-state index in [0.717, 1.165) is 22.9 Å². The fourth-order valence-corrected chi connectivity index (χ4v) is 3.18. The van der Waals surface area contributed by atoms with Crippen LogP contribution >= 0.6 is 15.9 Å². The Bertz CT molecular complexity index is 489. The summed E-state index contributed by atoms with van der Waals surface area (Å²) < 4.78 is 6.92. The lowest BCUT2D eigenvalue weighted by atomic mass is 9.91. The normalized spacial score (nSPS) is 29.4. The zero-order valence-corrected chi connectivity index (χ0v) is 14.3. The molecule has 1 heterocycles. The van der Waals surface area contributed by atoms with Gasteiger partial charge in [0.05, 0.1) is 12.6 Å². The van der Waals surface area contributed by atoms with E-state index in [1.807, 2.05) is 25.1 Å². The van der Waals surface area contributed by atoms with Crippen LogP contribution in [0.3, 0.4) is 0 Å². The molecule has 20 heavy (non-hydrogen) atoms. The van der Waals surface area contributed by atoms with Crippen LogP contribution in [0.1, 0.15) is 45.2 Å². The summed E-state index contributed by atoms with van der Waals surface area (Å²) in [6.45, 7) is 8.74. The summed E-state index contributed by atoms with van der Waals surface area (Å²) in [6, 6.07) is 5.81. The van der Waals surface area contributed by atoms with Crippen molar-refractivity contribution >= 4 is 15.9 Å². The SMILES string of the molecule is CCCc1cc(C2(O)OCC(C)(C)NC2C)ccc1Br. The number of hydrogen-bond donors (Lipinski definition) is 2. The molecule has 0 spiro atoms. The van der Waals surface area contributed by atoms with Crippen molar-refractivity contribution < 1.29 is 9.84 Å². The minimum Gasteiger partial charge on any atom is -0.361 e. The Morgan fingerprint density at radius 3 is 2.75 bits per heavy atom. The van der Waals surface area contributed by atoms with E-state index in [2.05, 4.69) is 42.0 Å². The Labute approximate surface area is 129 Å². The Morgan fingerprint density at radius 1 is 1.45 bits per heavy atom. The molecule has 1 aromatic rings. The highest BCUT2D eigenvalue weighted by atomic mass is 79.9. The molecule has 1 aromatic carbocycles. The van der Waals surface area contributed by atoms with Gasteiger partial charge < -0.3 is 15.2 Å². The molecule has 0 saturated carbocycles. The van der Waals surface area contributed by atoms with Gasteiger partial charge in [0.15, 0.2) is 0 Å². The Hall–Kier alpha value is -0.420. The molecule has 1 aliphatic heterocycles. The van der Waals surface area contributed by atoms with E-state index in [1.165, 1.54) is 5.56 Å². The van der Waals surface area contributed by atoms with Gasteiger partial charge in [-0.15, -0.1) is 0 Å². The molecule has 0 aliphatic carbocycles. The first-order valence-corrected chi connectivity index (χ1v) is 8.01. The summed E-state index contributed by atoms with van der Waals surface area (Å²) in [5.74, 6) is -1.27. The van der Waals surface area contributed by atoms with Gasteiger partial charge in [-0.2, -0.15) is 0 Å². The summed E-state index contributed by atoms with van der Waals surface area (Å²) in [4.78, 5) is 0. The van der Waals surface area contributed by atoms with Crippen molar-refractivity contribution in [3.8, 4) is 0 Å². The first-order chi connectivity index (χ1) is 9.28. The molecule has 0 bridgehead atoms. The third-order valence-corrected chi connectivity index (χ3v) is 4.60. The van der Waals surface area contributed by atoms with Crippen LogP contribution in [0.4, 0.5) is 0 Å². The second-order valence-corrected chi connectivity index (χ2v) is 7.15. The van der Waals surface area contributed by atoms with Crippen molar-refractivity contribution in [2.45, 2.75) is 57.9 Å². The van der Waals surface area contributed by atoms with Gasteiger partial charge in [0, 0.05) is 15.6 Å². The van der Waals surface area contributed by atoms with Crippen LogP contribution in [0, 0.1) is 0 Å². The van der Waals surface area contributed by atoms with Crippen LogP contribution in [0.15, 0.2) is 22.7 Å². The molecule has 1 aliphatic rings. The average Bonchev–Trinajstić information content (AvgIpc) is 2.37. The first kappa shape index (κ1) is 16.0. The Balaban J connectivity index is 2.32. The molecule has 0 radical (unpaired) electrons. The molecule has 0 aromatic heterocycles. The number of benzene rings is 1. The molecule has 0 amide bonds. The number of ether oxygens (including phenoxy) is 1. The zero-order valence-electron chi connectivity index (χ0n) is 12.7. The quantitative estimate of drug-likeness (QED) is 0.885. The van der Waals surface area contributed by atoms with Crippen LogP contribution in [-0.2, 0) is 16.9 Å². The van der Waals surface area contributed by atoms with E-state index in [4.69, 9.17) is 4.74 Å². The lowest BCUT2D eigenvalue weighted by Gasteiger charge is -2.46. The number of aryl methyl sites for hydroxylation is 1. The van der Waals surface area contributed by atoms with Crippen molar-refractivity contribution in [1.29, 1.82) is 0 Å². The smallest absolute Gasteiger partial charge is 0.208 e. The van der Waals surface area contributed by atoms with E-state index < -0.39 is 5.79 Å². The van der Waals surface area contributed by atoms with Crippen LogP contribution in [0.2, 0.25) is 0 Å². The standard InChI is InChI=1S/C16H24BrNO2/c1-5-6-12-9-13(7-8-14(12)17)16(19)11(2)18-15(3,4)10-20-16/h7-9,11,18-19H,5-6,10H2,1-4H3. The van der Waals surface area contributed by atoms with Gasteiger partial charge in [-0.1, -0.05) is 35.3 Å². The fourth-order valence-electron chi connectivity index (χ4n) is 2.73. The second-order valence-electron chi connectivity index (χ2n) is 6.29. The number of morpholine rings is 1. The molecule has 2 rings (SSSR count). The lowest BCUT2D eigenvalue weighted by molar-refractivity contribution is -0.263. The maximum Gasteiger partial charge on any atom is 0.208 e. The minimum absolute atomic E-state index is 0.118. The third-order valence-electron chi connectivity index (χ3n) is 3.83. The van der Waals surface area contributed by atoms with E-state index in [1.54, 1.807) is 0 Å². The summed E-state index contributed by atoms with van der Waals surface area (Å²) in [6.07, 6.45) is 2.06. The summed E-state index contributed by atoms with van der Waals surface area (Å²) in [5.41, 5.74) is 1.91. The van der Waals surface area contributed by atoms with E-state index >= 15 is 0 Å². The Morgan fingerprint density at radius 2 is 2.15 bits per heavy atom. The molecule has 1 saturated heterocycles. The molecular weight excluding hydrogens is 318 g/mol. The minimum atomic E-state index is -1.27. The van der Waals surface area contributed by atoms with Crippen LogP contribution in [0.5, 0.6) is 0 Å². The average molecular weight is 342 g/mol. The van der Waals surface area contributed by atoms with Gasteiger partial charge in [-0.25, -0.2) is 0 Å². The largest absolute Gasteiger partial charge is 0.361 e. The molecule has 1 fully saturated rings. The van der Waals surface area contributed by atoms with Gasteiger partial charge in [0.1, 0.15) is 0 Å². The van der Waals surface area contributed by atoms with E-state index in [0.29, 0.717) is 6.61 Å². The second kappa shape index (κ2) is 5.76. The number of nitrogens with one attached hydrogen (secondary N) is 1. The Kier molecular flexibility index (Phi) is 4.59. The first-order valence-electron chi connectivity index (χ1n) is 7.21. The predicted molar refractivity (Wildman–Crippen MR) is 84.7 cm³/mol. The van der Waals surface area contributed by atoms with Crippen molar-refractivity contribution in [3.05, 3.63) is 33.8 Å². The van der Waals surface area contributed by atoms with Gasteiger partial charge in [-0.05, 0) is 44.9 Å². The summed E-state index contributed by atoms with van der Waals surface area (Å²) in [7, 11) is 0. The summed E-state index contributed by atoms with van der Waals surface area (Å²) >= 11 is 3.57. The van der Waals surface area contributed by atoms with E-state index in [9.17, 15) is 5.11 Å². The monoisotopic (exact) mass is 341 g/mol. The molecule has 2 N–H and O–H groups in total. The van der Waals surface area contributed by atoms with Crippen LogP contribution < -0.4 is 5.32 Å². The predicted octanol–water partition coefficient (Wildman–Crippen LogP) is 3.33. The summed E-state index contributed by atoms with van der Waals surface area (Å²) in [5, 5.41) is 14.4. The number of rotatable bonds is 3. The molecule has 2 unspecified atom stereocenters.